The van der Waals surface area contributed by atoms with E-state index in [4.69, 9.17) is 5.73 Å². The molecule has 4 N–H and O–H groups in total. The maximum atomic E-state index is 14.2. The molecule has 3 amide bonds. The highest BCUT2D eigenvalue weighted by atomic mass is 16.2. The third-order valence-corrected chi connectivity index (χ3v) is 9.05. The number of amides is 3. The van der Waals surface area contributed by atoms with Crippen LogP contribution in [-0.2, 0) is 33.5 Å². The highest BCUT2D eigenvalue weighted by Gasteiger charge is 2.44. The second kappa shape index (κ2) is 12.5. The van der Waals surface area contributed by atoms with E-state index in [1.165, 1.54) is 5.56 Å². The van der Waals surface area contributed by atoms with Crippen molar-refractivity contribution in [2.45, 2.75) is 96.7 Å². The van der Waals surface area contributed by atoms with Crippen molar-refractivity contribution in [3.8, 4) is 0 Å². The molecule has 1 aromatic heterocycles. The average molecular weight is 572 g/mol. The maximum Gasteiger partial charge on any atom is 0.255 e. The lowest BCUT2D eigenvalue weighted by Gasteiger charge is -2.38. The molecule has 8 nitrogen and oxygen atoms in total. The summed E-state index contributed by atoms with van der Waals surface area (Å²) >= 11 is 0. The van der Waals surface area contributed by atoms with E-state index < -0.39 is 23.4 Å². The number of rotatable bonds is 11. The zero-order chi connectivity index (χ0) is 30.7. The van der Waals surface area contributed by atoms with Gasteiger partial charge in [0.15, 0.2) is 0 Å². The molecule has 0 aliphatic carbocycles. The Kier molecular flexibility index (Phi) is 9.24. The number of hydrogen-bond acceptors (Lipinski definition) is 4. The number of carbonyl (C=O) groups excluding carboxylic acids is 3. The average Bonchev–Trinajstić information content (AvgIpc) is 3.43. The van der Waals surface area contributed by atoms with Gasteiger partial charge in [-0.05, 0) is 68.1 Å². The van der Waals surface area contributed by atoms with E-state index >= 15 is 0 Å². The Hall–Kier alpha value is -3.94. The van der Waals surface area contributed by atoms with Gasteiger partial charge in [0, 0.05) is 0 Å². The molecule has 0 bridgehead atoms. The normalized spacial score (nSPS) is 18.7. The summed E-state index contributed by atoms with van der Waals surface area (Å²) < 4.78 is 1.96. The highest BCUT2D eigenvalue weighted by Crippen LogP contribution is 2.40. The molecule has 2 aromatic carbocycles. The van der Waals surface area contributed by atoms with Gasteiger partial charge in [0.1, 0.15) is 11.6 Å². The first kappa shape index (κ1) is 31.0. The van der Waals surface area contributed by atoms with Crippen molar-refractivity contribution in [2.75, 3.05) is 0 Å². The molecule has 0 fully saturated rings. The molecule has 3 aromatic rings. The van der Waals surface area contributed by atoms with Gasteiger partial charge in [-0.1, -0.05) is 88.7 Å². The molecule has 224 valence electrons. The van der Waals surface area contributed by atoms with Gasteiger partial charge in [-0.3, -0.25) is 19.1 Å². The Bertz CT molecular complexity index is 1410. The Balaban J connectivity index is 1.74. The molecule has 1 aliphatic heterocycles. The van der Waals surface area contributed by atoms with Gasteiger partial charge >= 0.3 is 0 Å². The minimum Gasteiger partial charge on any atom is -0.368 e. The fourth-order valence-electron chi connectivity index (χ4n) is 6.23. The molecule has 1 unspecified atom stereocenters. The van der Waals surface area contributed by atoms with Crippen molar-refractivity contribution in [1.82, 2.24) is 20.4 Å². The van der Waals surface area contributed by atoms with E-state index in [0.29, 0.717) is 24.0 Å². The van der Waals surface area contributed by atoms with Crippen molar-refractivity contribution < 1.29 is 14.4 Å². The molecule has 8 heteroatoms. The van der Waals surface area contributed by atoms with E-state index in [1.807, 2.05) is 67.9 Å². The van der Waals surface area contributed by atoms with E-state index in [1.54, 1.807) is 6.20 Å². The van der Waals surface area contributed by atoms with Crippen LogP contribution < -0.4 is 16.4 Å². The maximum absolute atomic E-state index is 14.2. The van der Waals surface area contributed by atoms with Gasteiger partial charge in [0.25, 0.3) is 11.8 Å². The molecule has 0 saturated heterocycles. The van der Waals surface area contributed by atoms with E-state index in [2.05, 4.69) is 48.6 Å². The van der Waals surface area contributed by atoms with Crippen LogP contribution in [-0.4, -0.2) is 33.5 Å². The molecule has 0 saturated carbocycles. The summed E-state index contributed by atoms with van der Waals surface area (Å²) in [6, 6.07) is 17.2. The predicted octanol–water partition coefficient (Wildman–Crippen LogP) is 4.96. The van der Waals surface area contributed by atoms with Gasteiger partial charge in [-0.2, -0.15) is 5.10 Å². The van der Waals surface area contributed by atoms with Gasteiger partial charge in [0.2, 0.25) is 5.91 Å². The van der Waals surface area contributed by atoms with Crippen LogP contribution in [0.15, 0.2) is 60.8 Å². The summed E-state index contributed by atoms with van der Waals surface area (Å²) in [6.07, 6.45) is 4.93. The summed E-state index contributed by atoms with van der Waals surface area (Å²) in [5, 5.41) is 10.7. The van der Waals surface area contributed by atoms with Crippen LogP contribution in [0.5, 0.6) is 0 Å². The monoisotopic (exact) mass is 571 g/mol. The smallest absolute Gasteiger partial charge is 0.255 e. The number of benzene rings is 2. The number of primary amides is 1. The zero-order valence-corrected chi connectivity index (χ0v) is 25.7. The van der Waals surface area contributed by atoms with Crippen LogP contribution in [0.25, 0.3) is 0 Å². The Morgan fingerprint density at radius 3 is 2.31 bits per heavy atom. The standard InChI is InChI=1S/C34H45N5O3/c1-7-22(4)29(30(35)40)37-32(42)34(9-3,26-17-15-23(8-2)16-18-26)38-31(41)27-21-36-39-28(27)19-25(20-33(39,5)6)24-13-11-10-12-14-24/h10-18,21-22,25,29H,7-9,19-20H2,1-6H3,(H2,35,40)(H,37,42)(H,38,41)/t22-,25-,29-,34?/m0/s1. The number of aryl methyl sites for hydroxylation is 1. The first-order valence-electron chi connectivity index (χ1n) is 15.1. The van der Waals surface area contributed by atoms with Gasteiger partial charge in [-0.25, -0.2) is 0 Å². The highest BCUT2D eigenvalue weighted by molar-refractivity contribution is 6.01. The fraction of sp³-hybridized carbons (Fsp3) is 0.471. The first-order valence-corrected chi connectivity index (χ1v) is 15.1. The fourth-order valence-corrected chi connectivity index (χ4v) is 6.23. The quantitative estimate of drug-likeness (QED) is 0.301. The summed E-state index contributed by atoms with van der Waals surface area (Å²) in [4.78, 5) is 40.7. The summed E-state index contributed by atoms with van der Waals surface area (Å²) in [5.41, 5.74) is 8.27. The lowest BCUT2D eigenvalue weighted by atomic mass is 9.79. The molecule has 4 atom stereocenters. The minimum absolute atomic E-state index is 0.168. The van der Waals surface area contributed by atoms with Crippen LogP contribution in [0, 0.1) is 5.92 Å². The third-order valence-electron chi connectivity index (χ3n) is 9.05. The van der Waals surface area contributed by atoms with Crippen LogP contribution in [0.4, 0.5) is 0 Å². The Labute approximate surface area is 249 Å². The third kappa shape index (κ3) is 5.98. The first-order chi connectivity index (χ1) is 20.0. The number of nitrogens with one attached hydrogen (secondary N) is 2. The summed E-state index contributed by atoms with van der Waals surface area (Å²) in [7, 11) is 0. The lowest BCUT2D eigenvalue weighted by Crippen LogP contribution is -2.60. The van der Waals surface area contributed by atoms with Crippen LogP contribution in [0.1, 0.15) is 99.5 Å². The Morgan fingerprint density at radius 2 is 1.74 bits per heavy atom. The predicted molar refractivity (Wildman–Crippen MR) is 165 cm³/mol. The molecule has 0 spiro atoms. The van der Waals surface area contributed by atoms with Crippen molar-refractivity contribution in [1.29, 1.82) is 0 Å². The van der Waals surface area contributed by atoms with Gasteiger partial charge < -0.3 is 16.4 Å². The minimum atomic E-state index is -1.43. The van der Waals surface area contributed by atoms with Crippen molar-refractivity contribution in [3.05, 3.63) is 88.7 Å². The number of nitrogens with zero attached hydrogens (tertiary/aromatic N) is 2. The van der Waals surface area contributed by atoms with Crippen LogP contribution in [0.3, 0.4) is 0 Å². The van der Waals surface area contributed by atoms with Crippen molar-refractivity contribution in [3.63, 3.8) is 0 Å². The Morgan fingerprint density at radius 1 is 1.07 bits per heavy atom. The molecule has 1 aliphatic rings. The van der Waals surface area contributed by atoms with E-state index in [-0.39, 0.29) is 29.7 Å². The zero-order valence-electron chi connectivity index (χ0n) is 25.7. The number of hydrogen-bond donors (Lipinski definition) is 3. The molecule has 4 rings (SSSR count). The molecular weight excluding hydrogens is 526 g/mol. The van der Waals surface area contributed by atoms with Crippen molar-refractivity contribution >= 4 is 17.7 Å². The number of nitrogens with two attached hydrogens (primary N) is 1. The van der Waals surface area contributed by atoms with Gasteiger partial charge in [0.05, 0.1) is 23.0 Å². The molecule has 0 radical (unpaired) electrons. The van der Waals surface area contributed by atoms with Crippen LogP contribution >= 0.6 is 0 Å². The molecular formula is C34H45N5O3. The molecule has 2 heterocycles. The SMILES string of the molecule is CCc1ccc(C(CC)(NC(=O)c2cnn3c2C[C@H](c2ccccc2)CC3(C)C)C(=O)N[C@H](C(N)=O)[C@@H](C)CC)cc1. The van der Waals surface area contributed by atoms with Crippen LogP contribution in [0.2, 0.25) is 0 Å². The number of carbonyl (C=O) groups is 3. The number of fused-ring (bicyclic) bond motifs is 1. The number of aromatic nitrogens is 2. The largest absolute Gasteiger partial charge is 0.368 e. The summed E-state index contributed by atoms with van der Waals surface area (Å²) in [6.45, 7) is 12.0. The van der Waals surface area contributed by atoms with E-state index in [9.17, 15) is 14.4 Å². The van der Waals surface area contributed by atoms with Crippen molar-refractivity contribution in [2.24, 2.45) is 11.7 Å². The van der Waals surface area contributed by atoms with Gasteiger partial charge in [-0.15, -0.1) is 0 Å². The summed E-state index contributed by atoms with van der Waals surface area (Å²) in [5.74, 6) is -1.38. The molecule has 42 heavy (non-hydrogen) atoms. The second-order valence-electron chi connectivity index (χ2n) is 12.2. The second-order valence-corrected chi connectivity index (χ2v) is 12.2. The lowest BCUT2D eigenvalue weighted by molar-refractivity contribution is -0.133. The van der Waals surface area contributed by atoms with E-state index in [0.717, 1.165) is 24.1 Å². The topological polar surface area (TPSA) is 119 Å².